The third-order valence-corrected chi connectivity index (χ3v) is 9.18. The second kappa shape index (κ2) is 26.8. The van der Waals surface area contributed by atoms with Crippen LogP contribution in [0.25, 0.3) is 28.4 Å². The highest BCUT2D eigenvalue weighted by atomic mass is 16.5. The molecule has 0 amide bonds. The molecule has 2 aromatic carbocycles. The SMILES string of the molecule is C=CCOc1cc(OCC=C)c2c(=O)c(OCC=C)c(-c3ccc(OCC=C)c(OCC=C)c3)n(C=CCCCCCCCCCCCCCCCC)c2c1. The summed E-state index contributed by atoms with van der Waals surface area (Å²) in [4.78, 5) is 14.5. The summed E-state index contributed by atoms with van der Waals surface area (Å²) < 4.78 is 32.3. The summed E-state index contributed by atoms with van der Waals surface area (Å²) in [6.07, 6.45) is 31.7. The standard InChI is InChI=1S/C48H65NO6/c1-7-13-14-15-16-17-18-19-20-21-22-23-24-25-26-27-30-49-41-37-40(51-31-8-2)38-44(54-34-11-5)45(41)47(50)48(55-35-12-6)46(49)39-28-29-42(52-32-9-3)43(36-39)53-33-10-4/h8-12,27-30,36-38H,2-7,13-26,31-35H2,1H3. The van der Waals surface area contributed by atoms with Crippen LogP contribution in [0.15, 0.2) is 104 Å². The Balaban J connectivity index is 1.98. The van der Waals surface area contributed by atoms with E-state index >= 15 is 0 Å². The minimum Gasteiger partial charge on any atom is -0.489 e. The lowest BCUT2D eigenvalue weighted by Crippen LogP contribution is -2.16. The Morgan fingerprint density at radius 2 is 1.07 bits per heavy atom. The van der Waals surface area contributed by atoms with Crippen LogP contribution in [0.1, 0.15) is 103 Å². The largest absolute Gasteiger partial charge is 0.489 e. The number of nitrogens with zero attached hydrogens (tertiary/aromatic N) is 1. The summed E-state index contributed by atoms with van der Waals surface area (Å²) in [6, 6.07) is 9.16. The number of benzene rings is 2. The molecule has 0 saturated heterocycles. The van der Waals surface area contributed by atoms with Crippen molar-refractivity contribution in [3.63, 3.8) is 0 Å². The first-order valence-electron chi connectivity index (χ1n) is 20.3. The van der Waals surface area contributed by atoms with E-state index in [1.807, 2.05) is 35.0 Å². The van der Waals surface area contributed by atoms with Crippen LogP contribution in [0.5, 0.6) is 28.7 Å². The molecule has 1 aromatic heterocycles. The molecule has 0 aliphatic heterocycles. The molecule has 298 valence electrons. The van der Waals surface area contributed by atoms with E-state index in [9.17, 15) is 4.79 Å². The number of pyridine rings is 1. The molecular formula is C48H65NO6. The highest BCUT2D eigenvalue weighted by molar-refractivity contribution is 5.93. The maximum Gasteiger partial charge on any atom is 0.235 e. The minimum atomic E-state index is -0.321. The monoisotopic (exact) mass is 751 g/mol. The summed E-state index contributed by atoms with van der Waals surface area (Å²) in [5, 5.41) is 0.367. The number of aromatic nitrogens is 1. The van der Waals surface area contributed by atoms with E-state index in [1.54, 1.807) is 36.4 Å². The van der Waals surface area contributed by atoms with Gasteiger partial charge in [-0.25, -0.2) is 0 Å². The lowest BCUT2D eigenvalue weighted by molar-refractivity contribution is 0.308. The van der Waals surface area contributed by atoms with Gasteiger partial charge in [-0.05, 0) is 31.0 Å². The molecule has 0 aliphatic rings. The van der Waals surface area contributed by atoms with Crippen molar-refractivity contribution in [1.29, 1.82) is 0 Å². The first-order valence-corrected chi connectivity index (χ1v) is 20.3. The maximum absolute atomic E-state index is 14.5. The van der Waals surface area contributed by atoms with Crippen molar-refractivity contribution in [3.05, 3.63) is 110 Å². The van der Waals surface area contributed by atoms with Crippen molar-refractivity contribution < 1.29 is 23.7 Å². The first kappa shape index (κ1) is 44.5. The summed E-state index contributed by atoms with van der Waals surface area (Å²) in [7, 11) is 0. The Kier molecular flexibility index (Phi) is 21.7. The molecule has 3 aromatic rings. The van der Waals surface area contributed by atoms with Crippen molar-refractivity contribution in [2.24, 2.45) is 0 Å². The van der Waals surface area contributed by atoms with Crippen LogP contribution in [-0.2, 0) is 0 Å². The Labute approximate surface area is 330 Å². The predicted molar refractivity (Wildman–Crippen MR) is 232 cm³/mol. The zero-order valence-electron chi connectivity index (χ0n) is 33.5. The molecule has 3 rings (SSSR count). The number of allylic oxidation sites excluding steroid dienone is 1. The molecule has 0 atom stereocenters. The number of ether oxygens (including phenoxy) is 5. The number of hydrogen-bond donors (Lipinski definition) is 0. The van der Waals surface area contributed by atoms with Gasteiger partial charge < -0.3 is 28.3 Å². The summed E-state index contributed by atoms with van der Waals surface area (Å²) >= 11 is 0. The third-order valence-electron chi connectivity index (χ3n) is 9.18. The van der Waals surface area contributed by atoms with E-state index in [4.69, 9.17) is 23.7 Å². The maximum atomic E-state index is 14.5. The highest BCUT2D eigenvalue weighted by Crippen LogP contribution is 2.40. The van der Waals surface area contributed by atoms with Crippen molar-refractivity contribution in [1.82, 2.24) is 4.57 Å². The lowest BCUT2D eigenvalue weighted by Gasteiger charge is -2.21. The second-order valence-electron chi connectivity index (χ2n) is 13.6. The Morgan fingerprint density at radius 1 is 0.564 bits per heavy atom. The van der Waals surface area contributed by atoms with Crippen LogP contribution in [-0.4, -0.2) is 37.6 Å². The fourth-order valence-corrected chi connectivity index (χ4v) is 6.47. The lowest BCUT2D eigenvalue weighted by atomic mass is 10.0. The van der Waals surface area contributed by atoms with Gasteiger partial charge in [-0.3, -0.25) is 4.79 Å². The minimum absolute atomic E-state index is 0.125. The molecule has 0 saturated carbocycles. The normalized spacial score (nSPS) is 11.0. The van der Waals surface area contributed by atoms with Crippen LogP contribution in [0.4, 0.5) is 0 Å². The Hall–Kier alpha value is -4.91. The van der Waals surface area contributed by atoms with Crippen LogP contribution < -0.4 is 29.1 Å². The first-order chi connectivity index (χ1) is 27.0. The van der Waals surface area contributed by atoms with E-state index in [1.165, 1.54) is 83.5 Å². The summed E-state index contributed by atoms with van der Waals surface area (Å²) in [6.45, 7) is 22.5. The van der Waals surface area contributed by atoms with Gasteiger partial charge in [0.15, 0.2) is 17.2 Å². The average molecular weight is 752 g/mol. The molecule has 0 radical (unpaired) electrons. The zero-order valence-corrected chi connectivity index (χ0v) is 33.5. The fourth-order valence-electron chi connectivity index (χ4n) is 6.47. The van der Waals surface area contributed by atoms with Gasteiger partial charge in [0.05, 0.1) is 16.6 Å². The van der Waals surface area contributed by atoms with Crippen LogP contribution in [0.3, 0.4) is 0 Å². The molecule has 7 heteroatoms. The van der Waals surface area contributed by atoms with Crippen LogP contribution >= 0.6 is 0 Å². The second-order valence-corrected chi connectivity index (χ2v) is 13.6. The van der Waals surface area contributed by atoms with Gasteiger partial charge >= 0.3 is 0 Å². The van der Waals surface area contributed by atoms with Crippen molar-refractivity contribution in [3.8, 4) is 40.0 Å². The molecule has 0 unspecified atom stereocenters. The van der Waals surface area contributed by atoms with Crippen molar-refractivity contribution >= 4 is 17.1 Å². The zero-order chi connectivity index (χ0) is 39.5. The van der Waals surface area contributed by atoms with Gasteiger partial charge in [0.25, 0.3) is 0 Å². The number of rotatable bonds is 32. The van der Waals surface area contributed by atoms with Crippen molar-refractivity contribution in [2.45, 2.75) is 103 Å². The predicted octanol–water partition coefficient (Wildman–Crippen LogP) is 12.8. The van der Waals surface area contributed by atoms with Crippen LogP contribution in [0.2, 0.25) is 0 Å². The number of hydrogen-bond acceptors (Lipinski definition) is 6. The molecule has 1 heterocycles. The smallest absolute Gasteiger partial charge is 0.235 e. The van der Waals surface area contributed by atoms with Gasteiger partial charge in [-0.1, -0.05) is 160 Å². The van der Waals surface area contributed by atoms with E-state index in [2.05, 4.69) is 45.9 Å². The van der Waals surface area contributed by atoms with E-state index in [-0.39, 0.29) is 37.6 Å². The molecule has 0 spiro atoms. The molecule has 55 heavy (non-hydrogen) atoms. The molecule has 0 aliphatic carbocycles. The third kappa shape index (κ3) is 14.7. The average Bonchev–Trinajstić information content (AvgIpc) is 3.20. The van der Waals surface area contributed by atoms with Gasteiger partial charge in [-0.15, -0.1) is 0 Å². The Bertz CT molecular complexity index is 1730. The van der Waals surface area contributed by atoms with Gasteiger partial charge in [0, 0.05) is 23.9 Å². The van der Waals surface area contributed by atoms with E-state index in [0.717, 1.165) is 12.8 Å². The van der Waals surface area contributed by atoms with Crippen molar-refractivity contribution in [2.75, 3.05) is 33.0 Å². The van der Waals surface area contributed by atoms with E-state index < -0.39 is 0 Å². The quantitative estimate of drug-likeness (QED) is 0.0467. The fraction of sp³-hybridized carbons (Fsp3) is 0.438. The number of fused-ring (bicyclic) bond motifs is 1. The summed E-state index contributed by atoms with van der Waals surface area (Å²) in [5.41, 5.74) is 1.52. The molecule has 0 N–H and O–H groups in total. The summed E-state index contributed by atoms with van der Waals surface area (Å²) in [5.74, 6) is 2.11. The molecule has 0 fully saturated rings. The molecular weight excluding hydrogens is 687 g/mol. The van der Waals surface area contributed by atoms with Gasteiger partial charge in [0.1, 0.15) is 44.5 Å². The number of unbranched alkanes of at least 4 members (excludes halogenated alkanes) is 14. The molecule has 0 bridgehead atoms. The molecule has 7 nitrogen and oxygen atoms in total. The van der Waals surface area contributed by atoms with E-state index in [0.29, 0.717) is 51.8 Å². The highest BCUT2D eigenvalue weighted by Gasteiger charge is 2.24. The topological polar surface area (TPSA) is 68.2 Å². The Morgan fingerprint density at radius 3 is 1.65 bits per heavy atom. The van der Waals surface area contributed by atoms with Gasteiger partial charge in [0.2, 0.25) is 5.43 Å². The van der Waals surface area contributed by atoms with Gasteiger partial charge in [-0.2, -0.15) is 0 Å². The van der Waals surface area contributed by atoms with Crippen LogP contribution in [0, 0.1) is 0 Å².